The Hall–Kier alpha value is -2.25. The van der Waals surface area contributed by atoms with Crippen molar-refractivity contribution in [2.45, 2.75) is 18.2 Å². The molecule has 2 rings (SSSR count). The lowest BCUT2D eigenvalue weighted by Gasteiger charge is -2.08. The molecule has 2 aromatic rings. The molecule has 2 aromatic carbocycles. The molecule has 1 amide bonds. The van der Waals surface area contributed by atoms with E-state index in [9.17, 15) is 17.6 Å². The van der Waals surface area contributed by atoms with Crippen LogP contribution >= 0.6 is 0 Å². The maximum absolute atomic E-state index is 13.5. The summed E-state index contributed by atoms with van der Waals surface area (Å²) in [5.74, 6) is -0.717. The average molecular weight is 350 g/mol. The lowest BCUT2D eigenvalue weighted by molar-refractivity contribution is 0.0954. The van der Waals surface area contributed by atoms with E-state index in [1.165, 1.54) is 30.3 Å². The van der Waals surface area contributed by atoms with E-state index in [4.69, 9.17) is 0 Å². The van der Waals surface area contributed by atoms with E-state index >= 15 is 0 Å². The van der Waals surface area contributed by atoms with E-state index in [0.717, 1.165) is 0 Å². The van der Waals surface area contributed by atoms with Crippen LogP contribution in [0.1, 0.15) is 22.8 Å². The summed E-state index contributed by atoms with van der Waals surface area (Å²) in [5, 5.41) is 2.66. The molecule has 0 aliphatic carbocycles. The van der Waals surface area contributed by atoms with E-state index in [1.807, 2.05) is 0 Å². The Balaban J connectivity index is 2.01. The van der Waals surface area contributed by atoms with Crippen molar-refractivity contribution in [1.82, 2.24) is 10.0 Å². The highest BCUT2D eigenvalue weighted by Crippen LogP contribution is 2.12. The van der Waals surface area contributed by atoms with Gasteiger partial charge in [0, 0.05) is 18.7 Å². The molecule has 7 heteroatoms. The predicted molar refractivity (Wildman–Crippen MR) is 89.7 cm³/mol. The molecule has 0 aliphatic heterocycles. The zero-order valence-electron chi connectivity index (χ0n) is 13.3. The van der Waals surface area contributed by atoms with Crippen molar-refractivity contribution in [3.63, 3.8) is 0 Å². The fraction of sp³-hybridized carbons (Fsp3) is 0.235. The van der Waals surface area contributed by atoms with Crippen LogP contribution in [-0.4, -0.2) is 27.4 Å². The van der Waals surface area contributed by atoms with Crippen LogP contribution in [0.15, 0.2) is 53.4 Å². The van der Waals surface area contributed by atoms with Crippen molar-refractivity contribution in [3.8, 4) is 0 Å². The van der Waals surface area contributed by atoms with E-state index in [1.54, 1.807) is 25.1 Å². The lowest BCUT2D eigenvalue weighted by atomic mass is 10.1. The van der Waals surface area contributed by atoms with Gasteiger partial charge in [0.2, 0.25) is 10.0 Å². The summed E-state index contributed by atoms with van der Waals surface area (Å²) in [6.45, 7) is 2.20. The van der Waals surface area contributed by atoms with Crippen LogP contribution in [0.4, 0.5) is 4.39 Å². The van der Waals surface area contributed by atoms with Crippen LogP contribution in [0.25, 0.3) is 0 Å². The normalized spacial score (nSPS) is 11.2. The highest BCUT2D eigenvalue weighted by molar-refractivity contribution is 7.89. The number of sulfonamides is 1. The zero-order chi connectivity index (χ0) is 17.6. The smallest absolute Gasteiger partial charge is 0.251 e. The molecule has 0 aromatic heterocycles. The molecule has 0 fully saturated rings. The number of hydrogen-bond acceptors (Lipinski definition) is 3. The van der Waals surface area contributed by atoms with Crippen LogP contribution in [0.5, 0.6) is 0 Å². The number of carbonyl (C=O) groups excluding carboxylic acids is 1. The van der Waals surface area contributed by atoms with Crippen LogP contribution in [-0.2, 0) is 16.4 Å². The maximum atomic E-state index is 13.5. The summed E-state index contributed by atoms with van der Waals surface area (Å²) in [5.41, 5.74) is 0.754. The highest BCUT2D eigenvalue weighted by Gasteiger charge is 2.15. The number of benzene rings is 2. The van der Waals surface area contributed by atoms with Gasteiger partial charge in [-0.05, 0) is 36.2 Å². The summed E-state index contributed by atoms with van der Waals surface area (Å²) in [7, 11) is -3.62. The van der Waals surface area contributed by atoms with Crippen molar-refractivity contribution < 1.29 is 17.6 Å². The van der Waals surface area contributed by atoms with Crippen molar-refractivity contribution in [3.05, 3.63) is 65.5 Å². The first-order valence-corrected chi connectivity index (χ1v) is 9.03. The second-order valence-electron chi connectivity index (χ2n) is 5.13. The molecule has 2 N–H and O–H groups in total. The molecule has 0 heterocycles. The number of carbonyl (C=O) groups is 1. The van der Waals surface area contributed by atoms with Gasteiger partial charge < -0.3 is 5.32 Å². The Bertz CT molecular complexity index is 822. The second kappa shape index (κ2) is 8.03. The van der Waals surface area contributed by atoms with Gasteiger partial charge in [0.1, 0.15) is 5.82 Å². The third-order valence-corrected chi connectivity index (χ3v) is 4.92. The standard InChI is InChI=1S/C17H19FN2O3S/c1-2-20-24(22,23)15-8-5-7-14(12-15)17(21)19-11-10-13-6-3-4-9-16(13)18/h3-9,12,20H,2,10-11H2,1H3,(H,19,21). The molecular formula is C17H19FN2O3S. The Morgan fingerprint density at radius 3 is 2.58 bits per heavy atom. The molecule has 0 radical (unpaired) electrons. The predicted octanol–water partition coefficient (Wildman–Crippen LogP) is 2.10. The first-order chi connectivity index (χ1) is 11.4. The van der Waals surface area contributed by atoms with E-state index in [2.05, 4.69) is 10.0 Å². The molecule has 0 saturated carbocycles. The topological polar surface area (TPSA) is 75.3 Å². The van der Waals surface area contributed by atoms with Gasteiger partial charge in [0.25, 0.3) is 5.91 Å². The van der Waals surface area contributed by atoms with Crippen molar-refractivity contribution in [1.29, 1.82) is 0 Å². The Labute approximate surface area is 141 Å². The van der Waals surface area contributed by atoms with Gasteiger partial charge >= 0.3 is 0 Å². The van der Waals surface area contributed by atoms with Gasteiger partial charge in [-0.2, -0.15) is 0 Å². The van der Waals surface area contributed by atoms with Crippen LogP contribution < -0.4 is 10.0 Å². The molecule has 128 valence electrons. The molecule has 0 unspecified atom stereocenters. The van der Waals surface area contributed by atoms with Gasteiger partial charge in [-0.25, -0.2) is 17.5 Å². The Morgan fingerprint density at radius 1 is 1.12 bits per heavy atom. The second-order valence-corrected chi connectivity index (χ2v) is 6.89. The monoisotopic (exact) mass is 350 g/mol. The van der Waals surface area contributed by atoms with Crippen molar-refractivity contribution in [2.24, 2.45) is 0 Å². The van der Waals surface area contributed by atoms with Crippen molar-refractivity contribution >= 4 is 15.9 Å². The molecule has 0 aliphatic rings. The number of hydrogen-bond donors (Lipinski definition) is 2. The minimum absolute atomic E-state index is 0.0334. The zero-order valence-corrected chi connectivity index (χ0v) is 14.1. The summed E-state index contributed by atoms with van der Waals surface area (Å²) < 4.78 is 39.8. The van der Waals surface area contributed by atoms with Gasteiger partial charge in [0.15, 0.2) is 0 Å². The van der Waals surface area contributed by atoms with Crippen LogP contribution in [0.3, 0.4) is 0 Å². The van der Waals surface area contributed by atoms with Gasteiger partial charge in [0.05, 0.1) is 4.90 Å². The van der Waals surface area contributed by atoms with Gasteiger partial charge in [-0.1, -0.05) is 31.2 Å². The molecule has 0 atom stereocenters. The fourth-order valence-electron chi connectivity index (χ4n) is 2.19. The average Bonchev–Trinajstić information content (AvgIpc) is 2.56. The van der Waals surface area contributed by atoms with Crippen LogP contribution in [0.2, 0.25) is 0 Å². The van der Waals surface area contributed by atoms with E-state index in [0.29, 0.717) is 12.0 Å². The fourth-order valence-corrected chi connectivity index (χ4v) is 3.28. The lowest BCUT2D eigenvalue weighted by Crippen LogP contribution is -2.27. The minimum atomic E-state index is -3.62. The van der Waals surface area contributed by atoms with E-state index in [-0.39, 0.29) is 29.4 Å². The summed E-state index contributed by atoms with van der Waals surface area (Å²) >= 11 is 0. The first kappa shape index (κ1) is 18.1. The number of amides is 1. The quantitative estimate of drug-likeness (QED) is 0.803. The molecule has 24 heavy (non-hydrogen) atoms. The van der Waals surface area contributed by atoms with Crippen LogP contribution in [0, 0.1) is 5.82 Å². The van der Waals surface area contributed by atoms with Gasteiger partial charge in [-0.3, -0.25) is 4.79 Å². The third kappa shape index (κ3) is 4.62. The third-order valence-electron chi connectivity index (χ3n) is 3.38. The highest BCUT2D eigenvalue weighted by atomic mass is 32.2. The molecule has 5 nitrogen and oxygen atoms in total. The van der Waals surface area contributed by atoms with Gasteiger partial charge in [-0.15, -0.1) is 0 Å². The van der Waals surface area contributed by atoms with Crippen molar-refractivity contribution in [2.75, 3.05) is 13.1 Å². The molecule has 0 bridgehead atoms. The SMILES string of the molecule is CCNS(=O)(=O)c1cccc(C(=O)NCCc2ccccc2F)c1. The first-order valence-electron chi connectivity index (χ1n) is 7.55. The summed E-state index contributed by atoms with van der Waals surface area (Å²) in [4.78, 5) is 12.2. The minimum Gasteiger partial charge on any atom is -0.352 e. The molecular weight excluding hydrogens is 331 g/mol. The summed E-state index contributed by atoms with van der Waals surface area (Å²) in [6.07, 6.45) is 0.355. The molecule has 0 spiro atoms. The Morgan fingerprint density at radius 2 is 1.88 bits per heavy atom. The largest absolute Gasteiger partial charge is 0.352 e. The molecule has 0 saturated heterocycles. The number of rotatable bonds is 7. The number of halogens is 1. The number of nitrogens with one attached hydrogen (secondary N) is 2. The maximum Gasteiger partial charge on any atom is 0.251 e. The Kier molecular flexibility index (Phi) is 6.05. The summed E-state index contributed by atoms with van der Waals surface area (Å²) in [6, 6.07) is 12.1. The van der Waals surface area contributed by atoms with E-state index < -0.39 is 15.9 Å².